The van der Waals surface area contributed by atoms with Crippen LogP contribution in [0.3, 0.4) is 0 Å². The van der Waals surface area contributed by atoms with E-state index in [-0.39, 0.29) is 0 Å². The van der Waals surface area contributed by atoms with Gasteiger partial charge in [0.1, 0.15) is 5.82 Å². The predicted octanol–water partition coefficient (Wildman–Crippen LogP) is 3.14. The topological polar surface area (TPSA) is 55.8 Å². The van der Waals surface area contributed by atoms with Gasteiger partial charge in [-0.2, -0.15) is 0 Å². The Morgan fingerprint density at radius 1 is 1.32 bits per heavy atom. The maximum Gasteiger partial charge on any atom is 0.191 e. The average Bonchev–Trinajstić information content (AvgIpc) is 3.15. The number of nitrogens with zero attached hydrogens (tertiary/aromatic N) is 4. The Morgan fingerprint density at radius 2 is 2.18 bits per heavy atom. The number of halogens is 1. The van der Waals surface area contributed by atoms with E-state index >= 15 is 0 Å². The molecule has 0 amide bonds. The molecule has 1 saturated heterocycles. The van der Waals surface area contributed by atoms with Gasteiger partial charge in [0.25, 0.3) is 0 Å². The summed E-state index contributed by atoms with van der Waals surface area (Å²) >= 11 is 6.14. The maximum atomic E-state index is 6.14. The molecule has 1 atom stereocenters. The summed E-state index contributed by atoms with van der Waals surface area (Å²) in [6.07, 6.45) is 2.88. The van der Waals surface area contributed by atoms with E-state index in [1.807, 2.05) is 49.5 Å². The minimum absolute atomic E-state index is 0.346. The normalized spacial score (nSPS) is 16.9. The molecule has 0 spiro atoms. The molecule has 1 fully saturated rings. The van der Waals surface area contributed by atoms with E-state index in [4.69, 9.17) is 16.6 Å². The summed E-state index contributed by atoms with van der Waals surface area (Å²) in [7, 11) is 4.00. The largest absolute Gasteiger partial charge is 0.369 e. The quantitative estimate of drug-likeness (QED) is 0.576. The lowest BCUT2D eigenvalue weighted by Crippen LogP contribution is -2.44. The molecule has 1 aromatic heterocycles. The number of hydrogen-bond donors (Lipinski definition) is 2. The van der Waals surface area contributed by atoms with Gasteiger partial charge >= 0.3 is 0 Å². The van der Waals surface area contributed by atoms with Gasteiger partial charge in [0.2, 0.25) is 0 Å². The van der Waals surface area contributed by atoms with Crippen LogP contribution in [0.15, 0.2) is 47.6 Å². The van der Waals surface area contributed by atoms with Crippen LogP contribution in [-0.4, -0.2) is 50.7 Å². The van der Waals surface area contributed by atoms with Crippen LogP contribution >= 0.6 is 11.6 Å². The van der Waals surface area contributed by atoms with Gasteiger partial charge in [-0.05, 0) is 37.6 Å². The van der Waals surface area contributed by atoms with Crippen molar-refractivity contribution in [3.05, 3.63) is 53.2 Å². The SMILES string of the molecule is CCNC(=NCc1cccnc1N(C)C)NC1CCN(c2cccc(Cl)c2)C1. The van der Waals surface area contributed by atoms with Crippen molar-refractivity contribution in [1.82, 2.24) is 15.6 Å². The van der Waals surface area contributed by atoms with E-state index < -0.39 is 0 Å². The summed E-state index contributed by atoms with van der Waals surface area (Å²) in [4.78, 5) is 13.6. The smallest absolute Gasteiger partial charge is 0.191 e. The van der Waals surface area contributed by atoms with Gasteiger partial charge < -0.3 is 20.4 Å². The molecule has 150 valence electrons. The van der Waals surface area contributed by atoms with Crippen LogP contribution in [0.25, 0.3) is 0 Å². The molecule has 0 bridgehead atoms. The van der Waals surface area contributed by atoms with Crippen molar-refractivity contribution in [1.29, 1.82) is 0 Å². The average molecular weight is 401 g/mol. The molecule has 1 unspecified atom stereocenters. The highest BCUT2D eigenvalue weighted by Crippen LogP contribution is 2.23. The Kier molecular flexibility index (Phi) is 6.98. The summed E-state index contributed by atoms with van der Waals surface area (Å²) in [6, 6.07) is 12.4. The van der Waals surface area contributed by atoms with Crippen LogP contribution in [0, 0.1) is 0 Å². The first-order valence-electron chi connectivity index (χ1n) is 9.73. The second-order valence-corrected chi connectivity index (χ2v) is 7.57. The van der Waals surface area contributed by atoms with Crippen molar-refractivity contribution in [2.75, 3.05) is 43.5 Å². The number of rotatable bonds is 6. The number of benzene rings is 1. The molecule has 28 heavy (non-hydrogen) atoms. The van der Waals surface area contributed by atoms with Crippen LogP contribution in [0.2, 0.25) is 5.02 Å². The molecular weight excluding hydrogens is 372 g/mol. The van der Waals surface area contributed by atoms with Crippen molar-refractivity contribution < 1.29 is 0 Å². The molecule has 2 aromatic rings. The third-order valence-electron chi connectivity index (χ3n) is 4.75. The van der Waals surface area contributed by atoms with E-state index in [9.17, 15) is 0 Å². The monoisotopic (exact) mass is 400 g/mol. The number of guanidine groups is 1. The van der Waals surface area contributed by atoms with E-state index in [1.54, 1.807) is 0 Å². The zero-order valence-electron chi connectivity index (χ0n) is 16.8. The Labute approximate surface area is 172 Å². The summed E-state index contributed by atoms with van der Waals surface area (Å²) < 4.78 is 0. The zero-order valence-corrected chi connectivity index (χ0v) is 17.6. The fraction of sp³-hybridized carbons (Fsp3) is 0.429. The third-order valence-corrected chi connectivity index (χ3v) is 4.98. The first kappa shape index (κ1) is 20.3. The molecule has 3 rings (SSSR count). The second kappa shape index (κ2) is 9.64. The lowest BCUT2D eigenvalue weighted by molar-refractivity contribution is 0.649. The van der Waals surface area contributed by atoms with Gasteiger partial charge in [-0.3, -0.25) is 0 Å². The Balaban J connectivity index is 1.64. The molecule has 1 aliphatic rings. The van der Waals surface area contributed by atoms with Gasteiger partial charge in [-0.1, -0.05) is 23.7 Å². The Morgan fingerprint density at radius 3 is 2.93 bits per heavy atom. The summed E-state index contributed by atoms with van der Waals surface area (Å²) in [5.74, 6) is 1.80. The maximum absolute atomic E-state index is 6.14. The molecule has 0 aliphatic carbocycles. The Bertz CT molecular complexity index is 807. The predicted molar refractivity (Wildman–Crippen MR) is 119 cm³/mol. The number of aliphatic imine (C=N–C) groups is 1. The molecule has 0 saturated carbocycles. The first-order chi connectivity index (χ1) is 13.6. The van der Waals surface area contributed by atoms with Crippen LogP contribution in [-0.2, 0) is 6.54 Å². The summed E-state index contributed by atoms with van der Waals surface area (Å²) in [6.45, 7) is 5.43. The zero-order chi connectivity index (χ0) is 19.9. The Hall–Kier alpha value is -2.47. The van der Waals surface area contributed by atoms with E-state index in [2.05, 4.69) is 39.6 Å². The molecule has 0 radical (unpaired) electrons. The molecule has 2 heterocycles. The second-order valence-electron chi connectivity index (χ2n) is 7.13. The van der Waals surface area contributed by atoms with Gasteiger partial charge in [0, 0.05) is 62.2 Å². The van der Waals surface area contributed by atoms with Crippen LogP contribution in [0.5, 0.6) is 0 Å². The van der Waals surface area contributed by atoms with Crippen molar-refractivity contribution >= 4 is 29.1 Å². The highest BCUT2D eigenvalue weighted by Gasteiger charge is 2.23. The van der Waals surface area contributed by atoms with Crippen molar-refractivity contribution in [2.24, 2.45) is 4.99 Å². The van der Waals surface area contributed by atoms with Crippen LogP contribution in [0.1, 0.15) is 18.9 Å². The highest BCUT2D eigenvalue weighted by molar-refractivity contribution is 6.30. The third kappa shape index (κ3) is 5.29. The summed E-state index contributed by atoms with van der Waals surface area (Å²) in [5.41, 5.74) is 2.28. The lowest BCUT2D eigenvalue weighted by Gasteiger charge is -2.21. The van der Waals surface area contributed by atoms with E-state index in [0.717, 1.165) is 48.4 Å². The molecule has 7 heteroatoms. The van der Waals surface area contributed by atoms with Crippen LogP contribution < -0.4 is 20.4 Å². The van der Waals surface area contributed by atoms with E-state index in [0.29, 0.717) is 12.6 Å². The lowest BCUT2D eigenvalue weighted by atomic mass is 10.2. The van der Waals surface area contributed by atoms with Crippen molar-refractivity contribution in [3.63, 3.8) is 0 Å². The fourth-order valence-corrected chi connectivity index (χ4v) is 3.60. The van der Waals surface area contributed by atoms with Gasteiger partial charge in [0.15, 0.2) is 5.96 Å². The number of nitrogens with one attached hydrogen (secondary N) is 2. The minimum atomic E-state index is 0.346. The highest BCUT2D eigenvalue weighted by atomic mass is 35.5. The van der Waals surface area contributed by atoms with Crippen LogP contribution in [0.4, 0.5) is 11.5 Å². The first-order valence-corrected chi connectivity index (χ1v) is 10.1. The van der Waals surface area contributed by atoms with Crippen molar-refractivity contribution in [3.8, 4) is 0 Å². The fourth-order valence-electron chi connectivity index (χ4n) is 3.42. The molecule has 1 aliphatic heterocycles. The number of anilines is 2. The molecular formula is C21H29ClN6. The molecule has 6 nitrogen and oxygen atoms in total. The van der Waals surface area contributed by atoms with Gasteiger partial charge in [0.05, 0.1) is 6.54 Å². The van der Waals surface area contributed by atoms with Crippen molar-refractivity contribution in [2.45, 2.75) is 25.9 Å². The number of hydrogen-bond acceptors (Lipinski definition) is 4. The van der Waals surface area contributed by atoms with E-state index in [1.165, 1.54) is 5.69 Å². The number of pyridine rings is 1. The standard InChI is InChI=1S/C21H29ClN6/c1-4-23-21(25-14-16-7-6-11-24-20(16)27(2)3)26-18-10-12-28(15-18)19-9-5-8-17(22)13-19/h5-9,11,13,18H,4,10,12,14-15H2,1-3H3,(H2,23,25,26). The minimum Gasteiger partial charge on any atom is -0.369 e. The van der Waals surface area contributed by atoms with Gasteiger partial charge in [-0.25, -0.2) is 9.98 Å². The molecule has 2 N–H and O–H groups in total. The van der Waals surface area contributed by atoms with Gasteiger partial charge in [-0.15, -0.1) is 0 Å². The number of aromatic nitrogens is 1. The molecule has 1 aromatic carbocycles. The summed E-state index contributed by atoms with van der Waals surface area (Å²) in [5, 5.41) is 7.71.